The van der Waals surface area contributed by atoms with Crippen LogP contribution in [0.4, 0.5) is 0 Å². The molecule has 1 N–H and O–H groups in total. The number of imidazole rings is 1. The Bertz CT molecular complexity index is 3330. The zero-order valence-electron chi connectivity index (χ0n) is 31.9. The van der Waals surface area contributed by atoms with E-state index in [1.165, 1.54) is 0 Å². The summed E-state index contributed by atoms with van der Waals surface area (Å²) in [7, 11) is 0. The maximum absolute atomic E-state index is 11.4. The van der Waals surface area contributed by atoms with Crippen molar-refractivity contribution in [1.82, 2.24) is 19.1 Å². The average Bonchev–Trinajstić information content (AvgIpc) is 3.86. The first kappa shape index (κ1) is 34.2. The number of aromatic hydroxyl groups is 1. The van der Waals surface area contributed by atoms with Crippen LogP contribution in [0.15, 0.2) is 212 Å². The summed E-state index contributed by atoms with van der Waals surface area (Å²) in [5.74, 6) is 0.831. The summed E-state index contributed by atoms with van der Waals surface area (Å²) in [6, 6.07) is 71.2. The van der Waals surface area contributed by atoms with E-state index in [9.17, 15) is 5.11 Å². The van der Waals surface area contributed by atoms with Crippen molar-refractivity contribution in [2.24, 2.45) is 0 Å². The quantitative estimate of drug-likeness (QED) is 0.176. The van der Waals surface area contributed by atoms with Crippen LogP contribution in [0.5, 0.6) is 5.75 Å². The molecule has 5 nitrogen and oxygen atoms in total. The van der Waals surface area contributed by atoms with Crippen LogP contribution in [-0.2, 0) is 0 Å². The zero-order valence-corrected chi connectivity index (χ0v) is 31.9. The lowest BCUT2D eigenvalue weighted by Crippen LogP contribution is -2.00. The third kappa shape index (κ3) is 5.79. The number of aromatic nitrogens is 4. The van der Waals surface area contributed by atoms with E-state index in [1.54, 1.807) is 6.07 Å². The number of hydrogen-bond acceptors (Lipinski definition) is 3. The number of phenols is 1. The van der Waals surface area contributed by atoms with Crippen molar-refractivity contribution in [2.75, 3.05) is 0 Å². The van der Waals surface area contributed by atoms with Crippen LogP contribution in [0.2, 0.25) is 0 Å². The summed E-state index contributed by atoms with van der Waals surface area (Å²) < 4.78 is 4.56. The molecule has 0 spiro atoms. The fourth-order valence-corrected chi connectivity index (χ4v) is 8.63. The third-order valence-corrected chi connectivity index (χ3v) is 11.3. The van der Waals surface area contributed by atoms with Gasteiger partial charge in [0.05, 0.1) is 39.0 Å². The van der Waals surface area contributed by atoms with Crippen LogP contribution in [0.3, 0.4) is 0 Å². The van der Waals surface area contributed by atoms with E-state index < -0.39 is 0 Å². The summed E-state index contributed by atoms with van der Waals surface area (Å²) in [6.45, 7) is 0. The van der Waals surface area contributed by atoms with Gasteiger partial charge in [-0.15, -0.1) is 0 Å². The van der Waals surface area contributed by atoms with Gasteiger partial charge in [-0.2, -0.15) is 0 Å². The van der Waals surface area contributed by atoms with Crippen LogP contribution >= 0.6 is 0 Å². The normalized spacial score (nSPS) is 11.5. The Balaban J connectivity index is 1.23. The van der Waals surface area contributed by atoms with Crippen molar-refractivity contribution in [3.8, 4) is 73.2 Å². The van der Waals surface area contributed by atoms with Crippen molar-refractivity contribution < 1.29 is 5.11 Å². The lowest BCUT2D eigenvalue weighted by molar-refractivity contribution is 0.477. The van der Waals surface area contributed by atoms with Gasteiger partial charge in [0.1, 0.15) is 11.6 Å². The molecular formula is C54H36N4O. The number of para-hydroxylation sites is 5. The molecule has 0 unspecified atom stereocenters. The molecule has 0 radical (unpaired) electrons. The lowest BCUT2D eigenvalue weighted by atomic mass is 9.95. The maximum Gasteiger partial charge on any atom is 0.149 e. The van der Waals surface area contributed by atoms with Gasteiger partial charge in [-0.25, -0.2) is 4.98 Å². The van der Waals surface area contributed by atoms with E-state index >= 15 is 0 Å². The summed E-state index contributed by atoms with van der Waals surface area (Å²) in [6.07, 6.45) is 1.91. The Morgan fingerprint density at radius 1 is 0.407 bits per heavy atom. The summed E-state index contributed by atoms with van der Waals surface area (Å²) in [4.78, 5) is 10.5. The maximum atomic E-state index is 11.4. The predicted octanol–water partition coefficient (Wildman–Crippen LogP) is 13.6. The predicted molar refractivity (Wildman–Crippen MR) is 242 cm³/mol. The lowest BCUT2D eigenvalue weighted by Gasteiger charge is -2.16. The first-order valence-electron chi connectivity index (χ1n) is 19.8. The van der Waals surface area contributed by atoms with E-state index in [0.29, 0.717) is 11.4 Å². The van der Waals surface area contributed by atoms with Crippen LogP contribution in [0, 0.1) is 0 Å². The van der Waals surface area contributed by atoms with Gasteiger partial charge in [0, 0.05) is 39.3 Å². The second kappa shape index (κ2) is 14.2. The highest BCUT2D eigenvalue weighted by Gasteiger charge is 2.24. The van der Waals surface area contributed by atoms with Gasteiger partial charge >= 0.3 is 0 Å². The summed E-state index contributed by atoms with van der Waals surface area (Å²) >= 11 is 0. The molecule has 11 aromatic rings. The second-order valence-electron chi connectivity index (χ2n) is 14.7. The van der Waals surface area contributed by atoms with Gasteiger partial charge < -0.3 is 9.67 Å². The van der Waals surface area contributed by atoms with Crippen LogP contribution in [0.1, 0.15) is 0 Å². The minimum absolute atomic E-state index is 0.171. The van der Waals surface area contributed by atoms with Gasteiger partial charge in [0.25, 0.3) is 0 Å². The smallest absolute Gasteiger partial charge is 0.149 e. The molecule has 3 aromatic heterocycles. The average molecular weight is 757 g/mol. The molecule has 0 aliphatic heterocycles. The second-order valence-corrected chi connectivity index (χ2v) is 14.7. The highest BCUT2D eigenvalue weighted by atomic mass is 16.3. The van der Waals surface area contributed by atoms with E-state index in [0.717, 1.165) is 88.9 Å². The number of fused-ring (bicyclic) bond motifs is 4. The number of hydrogen-bond donors (Lipinski definition) is 1. The molecular weight excluding hydrogens is 721 g/mol. The Labute approximate surface area is 341 Å². The van der Waals surface area contributed by atoms with Gasteiger partial charge in [0.15, 0.2) is 0 Å². The van der Waals surface area contributed by atoms with Gasteiger partial charge in [-0.3, -0.25) is 9.55 Å². The first-order chi connectivity index (χ1) is 29.2. The van der Waals surface area contributed by atoms with Crippen LogP contribution < -0.4 is 0 Å². The fraction of sp³-hybridized carbons (Fsp3) is 0. The van der Waals surface area contributed by atoms with Gasteiger partial charge in [-0.1, -0.05) is 140 Å². The number of rotatable bonds is 7. The minimum atomic E-state index is 0.171. The fourth-order valence-electron chi connectivity index (χ4n) is 8.63. The van der Waals surface area contributed by atoms with Gasteiger partial charge in [-0.05, 0) is 89.0 Å². The Kier molecular flexibility index (Phi) is 8.23. The Hall–Kier alpha value is -8.02. The van der Waals surface area contributed by atoms with Gasteiger partial charge in [0.2, 0.25) is 0 Å². The molecule has 8 aromatic carbocycles. The number of nitrogens with zero attached hydrogens (tertiary/aromatic N) is 4. The molecule has 0 amide bonds. The SMILES string of the molecule is Oc1ccccc1-c1nc2c(-c3cc(-c4cc(-c5ccccc5)ccn4)c4c(c3)c3ccccc3n4-c3ccccc3)cccc2n1-c1ccccc1-c1ccccc1. The molecule has 3 heterocycles. The van der Waals surface area contributed by atoms with E-state index in [2.05, 4.69) is 179 Å². The van der Waals surface area contributed by atoms with Crippen LogP contribution in [0.25, 0.3) is 100 Å². The zero-order chi connectivity index (χ0) is 39.3. The van der Waals surface area contributed by atoms with Crippen molar-refractivity contribution in [3.05, 3.63) is 212 Å². The highest BCUT2D eigenvalue weighted by Crippen LogP contribution is 2.44. The molecule has 59 heavy (non-hydrogen) atoms. The number of benzene rings is 8. The molecule has 0 fully saturated rings. The molecule has 278 valence electrons. The molecule has 0 saturated carbocycles. The Morgan fingerprint density at radius 3 is 1.85 bits per heavy atom. The molecule has 0 atom stereocenters. The first-order valence-corrected chi connectivity index (χ1v) is 19.8. The van der Waals surface area contributed by atoms with Crippen molar-refractivity contribution in [3.63, 3.8) is 0 Å². The highest BCUT2D eigenvalue weighted by molar-refractivity contribution is 6.16. The molecule has 0 bridgehead atoms. The van der Waals surface area contributed by atoms with E-state index in [-0.39, 0.29) is 5.75 Å². The largest absolute Gasteiger partial charge is 0.507 e. The molecule has 5 heteroatoms. The van der Waals surface area contributed by atoms with Crippen molar-refractivity contribution in [1.29, 1.82) is 0 Å². The Morgan fingerprint density at radius 2 is 1.05 bits per heavy atom. The number of pyridine rings is 1. The minimum Gasteiger partial charge on any atom is -0.507 e. The molecule has 11 rings (SSSR count). The summed E-state index contributed by atoms with van der Waals surface area (Å²) in [5, 5.41) is 13.6. The number of phenolic OH excluding ortho intramolecular Hbond substituents is 1. The topological polar surface area (TPSA) is 55.9 Å². The molecule has 0 aliphatic rings. The molecule has 0 aliphatic carbocycles. The monoisotopic (exact) mass is 756 g/mol. The summed E-state index contributed by atoms with van der Waals surface area (Å²) in [5.41, 5.74) is 15.0. The third-order valence-electron chi connectivity index (χ3n) is 11.3. The van der Waals surface area contributed by atoms with Crippen molar-refractivity contribution in [2.45, 2.75) is 0 Å². The molecule has 0 saturated heterocycles. The van der Waals surface area contributed by atoms with E-state index in [4.69, 9.17) is 9.97 Å². The van der Waals surface area contributed by atoms with Crippen LogP contribution in [-0.4, -0.2) is 24.2 Å². The van der Waals surface area contributed by atoms with E-state index in [1.807, 2.05) is 36.5 Å². The standard InChI is InChI=1S/C54H36N4O/c59-51-30-15-12-25-44(51)54-56-52-42(26-16-29-50(52)58(54)48-27-13-10-23-41(48)37-19-6-2-7-20-37)39-33-45-43-24-11-14-28-49(43)57(40-21-8-3-9-22-40)53(45)46(34-39)47-35-38(31-32-55-47)36-17-4-1-5-18-36/h1-35,59H. The van der Waals surface area contributed by atoms with Crippen molar-refractivity contribution >= 4 is 32.8 Å².